The molecule has 6 aromatic rings. The summed E-state index contributed by atoms with van der Waals surface area (Å²) in [6.45, 7) is 22.2. The maximum absolute atomic E-state index is 14.9. The molecule has 1 aliphatic carbocycles. The maximum atomic E-state index is 14.9. The Morgan fingerprint density at radius 3 is 2.03 bits per heavy atom. The lowest BCUT2D eigenvalue weighted by Gasteiger charge is -2.63. The Balaban J connectivity index is 0.000000420. The van der Waals surface area contributed by atoms with Gasteiger partial charge in [-0.3, -0.25) is 58.6 Å². The molecule has 5 aliphatic heterocycles. The topological polar surface area (TPSA) is 645 Å². The molecule has 8 heterocycles. The second-order valence-corrected chi connectivity index (χ2v) is 36.8. The molecule has 12 rings (SSSR count). The minimum absolute atomic E-state index is 0.0321. The van der Waals surface area contributed by atoms with E-state index in [0.29, 0.717) is 81.0 Å². The fourth-order valence-corrected chi connectivity index (χ4v) is 21.2. The maximum Gasteiger partial charge on any atom is 0.426 e. The fourth-order valence-electron chi connectivity index (χ4n) is 19.3. The first-order chi connectivity index (χ1) is 64.7. The highest BCUT2D eigenvalue weighted by atomic mass is 33.1. The van der Waals surface area contributed by atoms with Gasteiger partial charge in [0.15, 0.2) is 28.5 Å². The number of aromatic nitrogens is 5. The molecule has 15 N–H and O–H groups in total. The molecular weight excluding hydrogens is 1810 g/mol. The van der Waals surface area contributed by atoms with Crippen molar-refractivity contribution in [1.29, 1.82) is 0 Å². The number of nitrogens with two attached hydrogens (primary N) is 2. The van der Waals surface area contributed by atoms with Gasteiger partial charge in [0, 0.05) is 164 Å². The Labute approximate surface area is 791 Å². The number of hydrogen-bond donors (Lipinski definition) is 13. The number of Topliss-reactive ketones (excluding diaryl/α,β-unsaturated/α-hetero) is 3. The van der Waals surface area contributed by atoms with Gasteiger partial charge in [-0.25, -0.2) is 25.2 Å². The number of aliphatic hydroxyl groups excluding tert-OH is 1. The number of aryl methyl sites for hydroxylation is 2. The first-order valence-electron chi connectivity index (χ1n) is 43.9. The van der Waals surface area contributed by atoms with Crippen LogP contribution in [0.2, 0.25) is 0 Å². The first-order valence-corrected chi connectivity index (χ1v) is 46.4. The Morgan fingerprint density at radius 2 is 1.40 bits per heavy atom. The number of hydrogen-bond acceptors (Lipinski definition) is 35. The summed E-state index contributed by atoms with van der Waals surface area (Å²) in [6.07, 6.45) is 11.5. The second kappa shape index (κ2) is 54.5. The number of aliphatic imine (C=N–C) groups is 1. The predicted molar refractivity (Wildman–Crippen MR) is 489 cm³/mol. The van der Waals surface area contributed by atoms with E-state index in [4.69, 9.17) is 73.7 Å². The third-order valence-corrected chi connectivity index (χ3v) is 27.5. The van der Waals surface area contributed by atoms with E-state index in [1.807, 2.05) is 38.8 Å². The number of anilines is 2. The number of piperidine rings is 1. The molecule has 6 aliphatic rings. The van der Waals surface area contributed by atoms with Gasteiger partial charge in [-0.05, 0) is 156 Å². The normalized spacial score (nSPS) is 21.9. The van der Waals surface area contributed by atoms with Crippen LogP contribution < -0.4 is 54.0 Å². The molecular formula is C92H119N17O25S2. The molecule has 42 nitrogen and oxygen atoms in total. The number of benzene rings is 3. The lowest BCUT2D eigenvalue weighted by atomic mass is 9.47. The van der Waals surface area contributed by atoms with Crippen LogP contribution in [0.3, 0.4) is 0 Å². The SMILES string of the molecule is CC[C@]1(O)C[C@H]2CN(CCc3c([nH]c4ccccc34)[C@@](C)(c3cc4c(cc3C)N(C)[C@H]3[C@@](O)(C(=O)NNC(=O)OCCSSCCCC(=O)C(C)C)[C@H](O)[C@]5(CC)C=CCN6CC[C@]43[C@@H]65)C2)C1.CNC(=O)[C@H](C)CC(=O)[C@H](CCCN=C(N)N)NC(=O)[C@H](C)CC(=O)CCCNC(=O)c1ccc(NCc2cnc3nc(C)[nH]c(=O)c3n2)cc1.O=C=O.O=C=O.O=C=O.O=C=O.O=C=O.O=C=O. The zero-order chi connectivity index (χ0) is 101. The summed E-state index contributed by atoms with van der Waals surface area (Å²) >= 11 is 0. The van der Waals surface area contributed by atoms with Crippen LogP contribution in [-0.4, -0.2) is 253 Å². The smallest absolute Gasteiger partial charge is 0.426 e. The van der Waals surface area contributed by atoms with Gasteiger partial charge in [0.25, 0.3) is 17.4 Å². The lowest BCUT2D eigenvalue weighted by Crippen LogP contribution is -2.82. The highest BCUT2D eigenvalue weighted by molar-refractivity contribution is 8.76. The molecule has 44 heteroatoms. The molecule has 13 atom stereocenters. The van der Waals surface area contributed by atoms with Gasteiger partial charge in [-0.2, -0.15) is 57.5 Å². The predicted octanol–water partition coefficient (Wildman–Crippen LogP) is 3.66. The van der Waals surface area contributed by atoms with Crippen LogP contribution in [0.5, 0.6) is 0 Å². The molecule has 3 aromatic carbocycles. The van der Waals surface area contributed by atoms with Gasteiger partial charge in [0.05, 0.1) is 36.1 Å². The third-order valence-electron chi connectivity index (χ3n) is 25.1. The Kier molecular flexibility index (Phi) is 45.5. The van der Waals surface area contributed by atoms with Crippen LogP contribution in [0.1, 0.15) is 182 Å². The number of amides is 5. The summed E-state index contributed by atoms with van der Waals surface area (Å²) in [5.41, 5.74) is 19.9. The number of carbonyl (C=O) groups is 8. The zero-order valence-electron chi connectivity index (χ0n) is 77.7. The number of guanidine groups is 1. The number of ketones is 3. The summed E-state index contributed by atoms with van der Waals surface area (Å²) in [7, 11) is 6.59. The molecule has 3 fully saturated rings. The number of para-hydroxylation sites is 1. The number of fused-ring (bicyclic) bond motifs is 7. The lowest BCUT2D eigenvalue weighted by molar-refractivity contribution is -0.204. The van der Waals surface area contributed by atoms with E-state index in [2.05, 4.69) is 135 Å². The highest BCUT2D eigenvalue weighted by Crippen LogP contribution is 2.67. The van der Waals surface area contributed by atoms with E-state index >= 15 is 0 Å². The van der Waals surface area contributed by atoms with E-state index in [9.17, 15) is 58.5 Å². The van der Waals surface area contributed by atoms with Crippen molar-refractivity contribution in [3.63, 3.8) is 0 Å². The molecule has 1 spiro atoms. The minimum atomic E-state index is -2.37. The van der Waals surface area contributed by atoms with Crippen LogP contribution >= 0.6 is 21.6 Å². The van der Waals surface area contributed by atoms with Gasteiger partial charge in [-0.1, -0.05) is 99.5 Å². The number of carbonyl (C=O) groups excluding carboxylic acids is 20. The Bertz CT molecular complexity index is 5390. The molecule has 5 amide bonds. The summed E-state index contributed by atoms with van der Waals surface area (Å²) < 4.78 is 5.41. The highest BCUT2D eigenvalue weighted by Gasteiger charge is 2.79. The van der Waals surface area contributed by atoms with Crippen molar-refractivity contribution in [3.05, 3.63) is 134 Å². The van der Waals surface area contributed by atoms with Gasteiger partial charge in [0.1, 0.15) is 30.1 Å². The minimum Gasteiger partial charge on any atom is -0.447 e. The van der Waals surface area contributed by atoms with E-state index in [1.54, 1.807) is 72.8 Å². The zero-order valence-corrected chi connectivity index (χ0v) is 79.4. The largest absolute Gasteiger partial charge is 0.447 e. The van der Waals surface area contributed by atoms with Gasteiger partial charge < -0.3 is 67.7 Å². The number of aliphatic hydroxyl groups is 3. The molecule has 734 valence electrons. The van der Waals surface area contributed by atoms with Gasteiger partial charge in [0.2, 0.25) is 11.8 Å². The number of ether oxygens (including phenoxy) is 1. The number of aromatic amines is 2. The van der Waals surface area contributed by atoms with E-state index in [0.717, 1.165) is 79.1 Å². The van der Waals surface area contributed by atoms with Crippen molar-refractivity contribution in [2.24, 2.45) is 45.5 Å². The molecule has 2 bridgehead atoms. The number of likely N-dealkylation sites (N-methyl/N-ethyl adjacent to an activating group) is 1. The molecule has 3 aromatic heterocycles. The van der Waals surface area contributed by atoms with Crippen LogP contribution in [0.25, 0.3) is 22.1 Å². The van der Waals surface area contributed by atoms with Crippen molar-refractivity contribution in [3.8, 4) is 0 Å². The quantitative estimate of drug-likeness (QED) is 0.00698. The Hall–Kier alpha value is -13.0. The molecule has 2 saturated heterocycles. The van der Waals surface area contributed by atoms with Crippen LogP contribution in [-0.2, 0) is 115 Å². The number of rotatable bonds is 33. The first kappa shape index (κ1) is 113. The van der Waals surface area contributed by atoms with Crippen LogP contribution in [0, 0.1) is 42.9 Å². The number of H-pyrrole nitrogens is 2. The molecule has 1 saturated carbocycles. The van der Waals surface area contributed by atoms with Crippen molar-refractivity contribution < 1.29 is 116 Å². The summed E-state index contributed by atoms with van der Waals surface area (Å²) in [5.74, 6) is -1.40. The van der Waals surface area contributed by atoms with Crippen molar-refractivity contribution in [2.45, 2.75) is 205 Å². The number of nitrogens with one attached hydrogen (secondary N) is 8. The van der Waals surface area contributed by atoms with Crippen LogP contribution in [0.15, 0.2) is 88.8 Å². The van der Waals surface area contributed by atoms with Crippen molar-refractivity contribution in [2.75, 3.05) is 88.2 Å². The fraction of sp³-hybridized carbons (Fsp3) is 0.533. The molecule has 136 heavy (non-hydrogen) atoms. The number of hydrazine groups is 1. The Morgan fingerprint density at radius 1 is 0.750 bits per heavy atom. The number of nitrogens with zero attached hydrogens (tertiary/aromatic N) is 7. The third kappa shape index (κ3) is 29.0. The average molecular weight is 1930 g/mol. The van der Waals surface area contributed by atoms with Gasteiger partial charge in [-0.15, -0.1) is 0 Å². The summed E-state index contributed by atoms with van der Waals surface area (Å²) in [6, 6.07) is 18.1. The monoisotopic (exact) mass is 1930 g/mol. The van der Waals surface area contributed by atoms with Gasteiger partial charge >= 0.3 is 43.0 Å². The van der Waals surface area contributed by atoms with E-state index in [-0.39, 0.29) is 152 Å². The average Bonchev–Trinajstić information content (AvgIpc) is 1.47. The molecule has 0 radical (unpaired) electrons. The molecule has 1 unspecified atom stereocenters. The van der Waals surface area contributed by atoms with Crippen molar-refractivity contribution in [1.82, 2.24) is 61.5 Å². The summed E-state index contributed by atoms with van der Waals surface area (Å²) in [4.78, 5) is 243. The van der Waals surface area contributed by atoms with Crippen LogP contribution in [0.4, 0.5) is 16.2 Å². The van der Waals surface area contributed by atoms with Crippen molar-refractivity contribution >= 4 is 145 Å². The second-order valence-electron chi connectivity index (χ2n) is 34.1. The van der Waals surface area contributed by atoms with E-state index < -0.39 is 75.4 Å². The summed E-state index contributed by atoms with van der Waals surface area (Å²) in [5, 5.41) is 50.6. The van der Waals surface area contributed by atoms with E-state index in [1.165, 1.54) is 29.3 Å². The standard InChI is InChI=1S/C52H72N6O7S2.C34H47N11O6.6CO2/c1-8-49(63)29-34-28-48(6,42-36(17-21-57(30-34)31-49)35-14-10-11-15-39(35)53-42)37-27-38-40(26-33(37)5)56(7)44-51(38)19-22-58-20-13-18-50(9-2,43(51)58)45(60)52(44,64)46(61)54-55-47(62)65-23-25-67-66-24-12-16-41(59)32(3)4;1-19(31(49)45-26(8-6-14-39-34(35)36)27(47)16-20(2)30(48)37-4)15-25(46)7-5-13-38-32(50)22-9-11-23(12-10-22)40-17-24-18-41-29-28(44-24)33(51)43-21(3)42-29;6*2-1-3/h10-11,13-15,18,26-27,32,34,43-45,53,60,63-64H,8-9,12,16-17,19-25,28-31H2,1-7H3,(H,54,61)(H,55,62);9-12,18-20,26,40H,5-8,13-17H2,1-4H3,(H,37,48)(H,38,50)(H,45,49)(H4,35,36,39)(H,41,42,43,51);;;;;;/t34-,43-,44+,45+,48+,49-,50+,51+,52-;19-,20-,26+;;;;;;/m01....../s1.